The van der Waals surface area contributed by atoms with E-state index in [1.54, 1.807) is 18.2 Å². The molecule has 0 radical (unpaired) electrons. The molecule has 13 heteroatoms. The zero-order valence-corrected chi connectivity index (χ0v) is 18.2. The molecule has 0 saturated carbocycles. The van der Waals surface area contributed by atoms with Crippen LogP contribution < -0.4 is 11.3 Å². The number of alkyl halides is 9. The van der Waals surface area contributed by atoms with Crippen LogP contribution in [-0.2, 0) is 31.5 Å². The van der Waals surface area contributed by atoms with Gasteiger partial charge in [0.2, 0.25) is 0 Å². The van der Waals surface area contributed by atoms with Gasteiger partial charge in [0.1, 0.15) is 11.5 Å². The van der Waals surface area contributed by atoms with Crippen molar-refractivity contribution in [2.45, 2.75) is 44.3 Å². The summed E-state index contributed by atoms with van der Waals surface area (Å²) in [6.07, 6.45) is -14.8. The van der Waals surface area contributed by atoms with Gasteiger partial charge in [0, 0.05) is 12.1 Å². The van der Waals surface area contributed by atoms with Crippen LogP contribution in [0.25, 0.3) is 11.4 Å². The van der Waals surface area contributed by atoms with E-state index >= 15 is 0 Å². The summed E-state index contributed by atoms with van der Waals surface area (Å²) in [5.74, 6) is -1.08. The molecule has 0 aliphatic carbocycles. The summed E-state index contributed by atoms with van der Waals surface area (Å²) in [6, 6.07) is 9.37. The van der Waals surface area contributed by atoms with Gasteiger partial charge in [-0.2, -0.15) is 39.5 Å². The lowest BCUT2D eigenvalue weighted by Crippen LogP contribution is -2.31. The van der Waals surface area contributed by atoms with Crippen LogP contribution in [0.2, 0.25) is 0 Å². The fraction of sp³-hybridized carbons (Fsp3) is 0.304. The van der Waals surface area contributed by atoms with Gasteiger partial charge in [-0.1, -0.05) is 36.4 Å². The first-order valence-electron chi connectivity index (χ1n) is 10.4. The number of unbranched alkanes of at least 4 members (excludes halogenated alkanes) is 1. The van der Waals surface area contributed by atoms with Crippen molar-refractivity contribution in [3.8, 4) is 11.4 Å². The van der Waals surface area contributed by atoms with Crippen molar-refractivity contribution in [1.29, 1.82) is 0 Å². The number of aryl methyl sites for hydroxylation is 1. The number of rotatable bonds is 6. The van der Waals surface area contributed by atoms with E-state index in [0.29, 0.717) is 23.5 Å². The maximum absolute atomic E-state index is 13.7. The van der Waals surface area contributed by atoms with Gasteiger partial charge in [-0.25, -0.2) is 4.98 Å². The minimum absolute atomic E-state index is 0.135. The monoisotopic (exact) mass is 523 g/mol. The van der Waals surface area contributed by atoms with Crippen molar-refractivity contribution in [1.82, 2.24) is 9.55 Å². The van der Waals surface area contributed by atoms with Crippen molar-refractivity contribution in [2.24, 2.45) is 0 Å². The number of hydrogen-bond acceptors (Lipinski definition) is 3. The molecule has 0 aliphatic rings. The average molecular weight is 523 g/mol. The second-order valence-electron chi connectivity index (χ2n) is 7.85. The molecule has 4 nitrogen and oxygen atoms in total. The zero-order valence-electron chi connectivity index (χ0n) is 18.2. The Labute approximate surface area is 198 Å². The van der Waals surface area contributed by atoms with E-state index in [2.05, 4.69) is 4.98 Å². The molecule has 0 saturated heterocycles. The van der Waals surface area contributed by atoms with Gasteiger partial charge >= 0.3 is 18.5 Å². The molecule has 1 heterocycles. The largest absolute Gasteiger partial charge is 0.435 e. The van der Waals surface area contributed by atoms with Gasteiger partial charge in [0.25, 0.3) is 5.56 Å². The molecule has 0 unspecified atom stereocenters. The van der Waals surface area contributed by atoms with E-state index < -0.39 is 58.0 Å². The van der Waals surface area contributed by atoms with Gasteiger partial charge in [0.15, 0.2) is 5.69 Å². The third-order valence-corrected chi connectivity index (χ3v) is 5.31. The number of benzene rings is 2. The SMILES string of the molecule is Nc1c(C(F)(F)F)nc(-c2ccc(C(F)(F)F)cc2C(F)(F)F)n(CCCCc2ccccc2)c1=O. The van der Waals surface area contributed by atoms with Gasteiger partial charge in [-0.15, -0.1) is 0 Å². The van der Waals surface area contributed by atoms with Crippen molar-refractivity contribution >= 4 is 5.69 Å². The Hall–Kier alpha value is -3.51. The third-order valence-electron chi connectivity index (χ3n) is 5.31. The van der Waals surface area contributed by atoms with E-state index in [4.69, 9.17) is 5.73 Å². The predicted molar refractivity (Wildman–Crippen MR) is 113 cm³/mol. The Kier molecular flexibility index (Phi) is 7.42. The molecule has 36 heavy (non-hydrogen) atoms. The van der Waals surface area contributed by atoms with E-state index in [1.807, 2.05) is 12.1 Å². The lowest BCUT2D eigenvalue weighted by Gasteiger charge is -2.20. The lowest BCUT2D eigenvalue weighted by atomic mass is 10.0. The molecule has 0 bridgehead atoms. The number of hydrogen-bond donors (Lipinski definition) is 1. The van der Waals surface area contributed by atoms with Crippen molar-refractivity contribution in [3.63, 3.8) is 0 Å². The third kappa shape index (κ3) is 6.00. The van der Waals surface area contributed by atoms with Gasteiger partial charge in [-0.3, -0.25) is 9.36 Å². The first-order chi connectivity index (χ1) is 16.6. The van der Waals surface area contributed by atoms with Crippen LogP contribution in [0.15, 0.2) is 53.3 Å². The second-order valence-corrected chi connectivity index (χ2v) is 7.85. The standard InChI is InChI=1S/C23H18F9N3O/c24-21(25,26)14-9-10-15(16(12-14)22(27,28)29)19-34-18(23(30,31)32)17(33)20(36)35(19)11-5-4-8-13-6-2-1-3-7-13/h1-3,6-7,9-10,12H,4-5,8,11,33H2. The highest BCUT2D eigenvalue weighted by Crippen LogP contribution is 2.41. The number of nitrogen functional groups attached to an aromatic ring is 1. The van der Waals surface area contributed by atoms with Gasteiger partial charge in [0.05, 0.1) is 11.1 Å². The number of aromatic nitrogens is 2. The fourth-order valence-electron chi connectivity index (χ4n) is 3.59. The molecule has 2 aromatic carbocycles. The Balaban J connectivity index is 2.14. The fourth-order valence-corrected chi connectivity index (χ4v) is 3.59. The average Bonchev–Trinajstić information content (AvgIpc) is 2.77. The van der Waals surface area contributed by atoms with Gasteiger partial charge in [-0.05, 0) is 37.0 Å². The molecule has 0 aliphatic heterocycles. The zero-order chi connectivity index (χ0) is 26.9. The van der Waals surface area contributed by atoms with Crippen molar-refractivity contribution < 1.29 is 39.5 Å². The number of nitrogens with two attached hydrogens (primary N) is 1. The van der Waals surface area contributed by atoms with Crippen LogP contribution in [0.5, 0.6) is 0 Å². The number of halogens is 9. The molecule has 0 fully saturated rings. The highest BCUT2D eigenvalue weighted by molar-refractivity contribution is 5.64. The van der Waals surface area contributed by atoms with Crippen molar-refractivity contribution in [3.05, 3.63) is 81.3 Å². The molecule has 194 valence electrons. The Morgan fingerprint density at radius 2 is 1.44 bits per heavy atom. The number of nitrogens with zero attached hydrogens (tertiary/aromatic N) is 2. The minimum atomic E-state index is -5.40. The summed E-state index contributed by atoms with van der Waals surface area (Å²) in [6.45, 7) is -0.366. The summed E-state index contributed by atoms with van der Waals surface area (Å²) in [5, 5.41) is 0. The number of anilines is 1. The normalized spacial score (nSPS) is 12.7. The first-order valence-corrected chi connectivity index (χ1v) is 10.4. The quantitative estimate of drug-likeness (QED) is 0.294. The second kappa shape index (κ2) is 9.86. The summed E-state index contributed by atoms with van der Waals surface area (Å²) in [7, 11) is 0. The minimum Gasteiger partial charge on any atom is -0.392 e. The summed E-state index contributed by atoms with van der Waals surface area (Å²) in [5.41, 5.74) is -3.11. The maximum Gasteiger partial charge on any atom is 0.435 e. The Morgan fingerprint density at radius 1 is 0.806 bits per heavy atom. The van der Waals surface area contributed by atoms with E-state index in [1.165, 1.54) is 0 Å². The van der Waals surface area contributed by atoms with E-state index in [-0.39, 0.29) is 25.1 Å². The van der Waals surface area contributed by atoms with Crippen LogP contribution in [-0.4, -0.2) is 9.55 Å². The summed E-state index contributed by atoms with van der Waals surface area (Å²) >= 11 is 0. The smallest absolute Gasteiger partial charge is 0.392 e. The van der Waals surface area contributed by atoms with Gasteiger partial charge < -0.3 is 5.73 Å². The molecular formula is C23H18F9N3O. The van der Waals surface area contributed by atoms with Crippen molar-refractivity contribution in [2.75, 3.05) is 5.73 Å². The predicted octanol–water partition coefficient (Wildman–Crippen LogP) is 6.57. The molecule has 1 aromatic heterocycles. The maximum atomic E-state index is 13.7. The van der Waals surface area contributed by atoms with Crippen LogP contribution in [0.1, 0.15) is 35.2 Å². The molecular weight excluding hydrogens is 505 g/mol. The highest BCUT2D eigenvalue weighted by atomic mass is 19.4. The van der Waals surface area contributed by atoms with Crippen LogP contribution in [0.3, 0.4) is 0 Å². The summed E-state index contributed by atoms with van der Waals surface area (Å²) < 4.78 is 121. The Bertz CT molecular complexity index is 1280. The van der Waals surface area contributed by atoms with E-state index in [9.17, 15) is 44.3 Å². The summed E-state index contributed by atoms with van der Waals surface area (Å²) in [4.78, 5) is 15.9. The Morgan fingerprint density at radius 3 is 2.00 bits per heavy atom. The van der Waals surface area contributed by atoms with E-state index in [0.717, 1.165) is 5.56 Å². The molecule has 0 amide bonds. The highest BCUT2D eigenvalue weighted by Gasteiger charge is 2.41. The topological polar surface area (TPSA) is 60.9 Å². The lowest BCUT2D eigenvalue weighted by molar-refractivity contribution is -0.142. The molecule has 0 spiro atoms. The van der Waals surface area contributed by atoms with Crippen LogP contribution >= 0.6 is 0 Å². The molecule has 3 aromatic rings. The molecule has 0 atom stereocenters. The molecule has 3 rings (SSSR count). The molecule has 2 N–H and O–H groups in total. The van der Waals surface area contributed by atoms with Crippen LogP contribution in [0.4, 0.5) is 45.2 Å². The first kappa shape index (κ1) is 27.1. The van der Waals surface area contributed by atoms with Crippen LogP contribution in [0, 0.1) is 0 Å².